The number of pyridine rings is 1. The molecule has 0 aliphatic carbocycles. The van der Waals surface area contributed by atoms with Crippen molar-refractivity contribution in [2.45, 2.75) is 25.3 Å². The molecule has 9 heteroatoms. The van der Waals surface area contributed by atoms with Gasteiger partial charge in [-0.15, -0.1) is 0 Å². The predicted molar refractivity (Wildman–Crippen MR) is 73.6 cm³/mol. The molecule has 1 aromatic heterocycles. The maximum Gasteiger partial charge on any atom is 0.422 e. The number of halogens is 4. The van der Waals surface area contributed by atoms with Crippen molar-refractivity contribution in [2.75, 3.05) is 26.2 Å². The molecule has 0 bridgehead atoms. The molecule has 1 aliphatic rings. The van der Waals surface area contributed by atoms with E-state index in [4.69, 9.17) is 0 Å². The molecule has 1 fully saturated rings. The lowest BCUT2D eigenvalue weighted by atomic mass is 10.2. The van der Waals surface area contributed by atoms with Crippen LogP contribution in [-0.2, 0) is 11.3 Å². The first-order valence-corrected chi connectivity index (χ1v) is 7.09. The first-order chi connectivity index (χ1) is 10.8. The van der Waals surface area contributed by atoms with Gasteiger partial charge in [-0.2, -0.15) is 13.2 Å². The van der Waals surface area contributed by atoms with E-state index in [1.54, 1.807) is 11.0 Å². The third kappa shape index (κ3) is 6.39. The summed E-state index contributed by atoms with van der Waals surface area (Å²) in [5.74, 6) is -0.428. The first-order valence-electron chi connectivity index (χ1n) is 7.09. The predicted octanol–water partition coefficient (Wildman–Crippen LogP) is 1.68. The number of ether oxygens (including phenoxy) is 1. The zero-order valence-electron chi connectivity index (χ0n) is 12.3. The summed E-state index contributed by atoms with van der Waals surface area (Å²) in [5, 5.41) is 2.63. The van der Waals surface area contributed by atoms with Crippen LogP contribution in [-0.4, -0.2) is 54.4 Å². The van der Waals surface area contributed by atoms with Crippen molar-refractivity contribution in [1.82, 2.24) is 15.2 Å². The van der Waals surface area contributed by atoms with Crippen LogP contribution in [0.15, 0.2) is 18.3 Å². The minimum Gasteiger partial charge on any atom is -0.468 e. The molecule has 2 heterocycles. The van der Waals surface area contributed by atoms with Gasteiger partial charge in [-0.1, -0.05) is 0 Å². The smallest absolute Gasteiger partial charge is 0.422 e. The highest BCUT2D eigenvalue weighted by Gasteiger charge is 2.28. The second-order valence-electron chi connectivity index (χ2n) is 5.30. The topological polar surface area (TPSA) is 54.5 Å². The molecule has 1 amide bonds. The quantitative estimate of drug-likeness (QED) is 0.804. The van der Waals surface area contributed by atoms with Crippen LogP contribution in [0.1, 0.15) is 12.0 Å². The molecule has 1 atom stereocenters. The lowest BCUT2D eigenvalue weighted by molar-refractivity contribution is -0.154. The number of carbonyl (C=O) groups is 1. The van der Waals surface area contributed by atoms with Crippen LogP contribution in [0.3, 0.4) is 0 Å². The summed E-state index contributed by atoms with van der Waals surface area (Å²) < 4.78 is 53.8. The third-order valence-electron chi connectivity index (χ3n) is 3.25. The van der Waals surface area contributed by atoms with Gasteiger partial charge in [0.25, 0.3) is 0 Å². The van der Waals surface area contributed by atoms with Gasteiger partial charge in [-0.25, -0.2) is 9.37 Å². The van der Waals surface area contributed by atoms with E-state index in [2.05, 4.69) is 15.0 Å². The number of likely N-dealkylation sites (tertiary alicyclic amines) is 1. The minimum absolute atomic E-state index is 0.100. The Hall–Kier alpha value is -1.90. The van der Waals surface area contributed by atoms with Gasteiger partial charge in [0, 0.05) is 31.9 Å². The number of carbonyl (C=O) groups excluding carboxylic acids is 1. The van der Waals surface area contributed by atoms with Crippen molar-refractivity contribution in [3.05, 3.63) is 23.9 Å². The highest BCUT2D eigenvalue weighted by Crippen LogP contribution is 2.17. The van der Waals surface area contributed by atoms with Crippen LogP contribution in [0.4, 0.5) is 17.6 Å². The number of nitrogens with one attached hydrogen (secondary N) is 1. The molecule has 1 aliphatic heterocycles. The number of hydrogen-bond donors (Lipinski definition) is 1. The van der Waals surface area contributed by atoms with E-state index in [9.17, 15) is 22.4 Å². The van der Waals surface area contributed by atoms with Crippen LogP contribution in [0.2, 0.25) is 0 Å². The highest BCUT2D eigenvalue weighted by atomic mass is 19.4. The van der Waals surface area contributed by atoms with Gasteiger partial charge in [-0.05, 0) is 18.1 Å². The van der Waals surface area contributed by atoms with Gasteiger partial charge in [0.05, 0.1) is 6.54 Å². The van der Waals surface area contributed by atoms with Crippen molar-refractivity contribution in [2.24, 2.45) is 0 Å². The van der Waals surface area contributed by atoms with Crippen molar-refractivity contribution in [3.8, 4) is 5.88 Å². The van der Waals surface area contributed by atoms with Crippen molar-refractivity contribution >= 4 is 5.91 Å². The summed E-state index contributed by atoms with van der Waals surface area (Å²) in [6.07, 6.45) is -3.59. The number of rotatable bonds is 6. The Labute approximate surface area is 130 Å². The molecule has 2 rings (SSSR count). The average Bonchev–Trinajstić information content (AvgIpc) is 2.88. The van der Waals surface area contributed by atoms with Crippen molar-refractivity contribution in [3.63, 3.8) is 0 Å². The lowest BCUT2D eigenvalue weighted by Gasteiger charge is -2.14. The zero-order chi connectivity index (χ0) is 16.9. The second kappa shape index (κ2) is 7.58. The molecule has 1 saturated heterocycles. The summed E-state index contributed by atoms with van der Waals surface area (Å²) >= 11 is 0. The van der Waals surface area contributed by atoms with E-state index in [1.807, 2.05) is 0 Å². The molecule has 128 valence electrons. The van der Waals surface area contributed by atoms with Crippen molar-refractivity contribution in [1.29, 1.82) is 0 Å². The normalized spacial score (nSPS) is 18.9. The Balaban J connectivity index is 1.77. The molecule has 0 spiro atoms. The summed E-state index contributed by atoms with van der Waals surface area (Å²) in [7, 11) is 0. The van der Waals surface area contributed by atoms with Crippen LogP contribution in [0.5, 0.6) is 5.88 Å². The number of amides is 1. The van der Waals surface area contributed by atoms with Crippen LogP contribution in [0, 0.1) is 0 Å². The summed E-state index contributed by atoms with van der Waals surface area (Å²) in [6, 6.07) is 2.90. The minimum atomic E-state index is -4.43. The van der Waals surface area contributed by atoms with Crippen molar-refractivity contribution < 1.29 is 27.1 Å². The standard InChI is InChI=1S/C14H17F4N3O2/c15-11-2-4-21(7-11)8-12(22)20-6-10-1-3-19-13(5-10)23-9-14(16,17)18/h1,3,5,11H,2,4,6-9H2,(H,20,22)/t11-/m0/s1. The Morgan fingerprint density at radius 2 is 2.26 bits per heavy atom. The summed E-state index contributed by atoms with van der Waals surface area (Å²) in [4.78, 5) is 17.1. The Morgan fingerprint density at radius 3 is 2.91 bits per heavy atom. The average molecular weight is 335 g/mol. The molecule has 0 radical (unpaired) electrons. The second-order valence-corrected chi connectivity index (χ2v) is 5.30. The molecule has 0 aromatic carbocycles. The fourth-order valence-corrected chi connectivity index (χ4v) is 2.18. The van der Waals surface area contributed by atoms with Gasteiger partial charge in [0.1, 0.15) is 6.17 Å². The summed E-state index contributed by atoms with van der Waals surface area (Å²) in [5.41, 5.74) is 0.565. The van der Waals surface area contributed by atoms with E-state index in [-0.39, 0.29) is 31.4 Å². The van der Waals surface area contributed by atoms with E-state index in [0.29, 0.717) is 18.5 Å². The SMILES string of the molecule is O=C(CN1CC[C@H](F)C1)NCc1ccnc(OCC(F)(F)F)c1. The van der Waals surface area contributed by atoms with Crippen LogP contribution in [0.25, 0.3) is 0 Å². The van der Waals surface area contributed by atoms with E-state index < -0.39 is 19.0 Å². The fourth-order valence-electron chi connectivity index (χ4n) is 2.18. The Morgan fingerprint density at radius 1 is 1.48 bits per heavy atom. The molecular formula is C14H17F4N3O2. The first kappa shape index (κ1) is 17.5. The number of alkyl halides is 4. The molecule has 5 nitrogen and oxygen atoms in total. The van der Waals surface area contributed by atoms with Gasteiger partial charge in [-0.3, -0.25) is 9.69 Å². The monoisotopic (exact) mass is 335 g/mol. The molecule has 23 heavy (non-hydrogen) atoms. The molecular weight excluding hydrogens is 318 g/mol. The van der Waals surface area contributed by atoms with Gasteiger partial charge in [0.15, 0.2) is 6.61 Å². The number of hydrogen-bond acceptors (Lipinski definition) is 4. The van der Waals surface area contributed by atoms with Gasteiger partial charge < -0.3 is 10.1 Å². The highest BCUT2D eigenvalue weighted by molar-refractivity contribution is 5.78. The van der Waals surface area contributed by atoms with Gasteiger partial charge in [0.2, 0.25) is 11.8 Å². The fraction of sp³-hybridized carbons (Fsp3) is 0.571. The van der Waals surface area contributed by atoms with E-state index in [1.165, 1.54) is 12.3 Å². The lowest BCUT2D eigenvalue weighted by Crippen LogP contribution is -2.35. The third-order valence-corrected chi connectivity index (χ3v) is 3.25. The molecule has 1 aromatic rings. The molecule has 0 unspecified atom stereocenters. The van der Waals surface area contributed by atoms with E-state index in [0.717, 1.165) is 0 Å². The Kier molecular flexibility index (Phi) is 5.75. The number of aromatic nitrogens is 1. The maximum atomic E-state index is 13.0. The van der Waals surface area contributed by atoms with Gasteiger partial charge >= 0.3 is 6.18 Å². The maximum absolute atomic E-state index is 13.0. The number of nitrogens with zero attached hydrogens (tertiary/aromatic N) is 2. The van der Waals surface area contributed by atoms with Crippen LogP contribution < -0.4 is 10.1 Å². The Bertz CT molecular complexity index is 539. The van der Waals surface area contributed by atoms with E-state index >= 15 is 0 Å². The zero-order valence-corrected chi connectivity index (χ0v) is 12.3. The molecule has 0 saturated carbocycles. The molecule has 1 N–H and O–H groups in total. The van der Waals surface area contributed by atoms with Crippen LogP contribution >= 0.6 is 0 Å². The largest absolute Gasteiger partial charge is 0.468 e. The summed E-state index contributed by atoms with van der Waals surface area (Å²) in [6.45, 7) is -0.397.